The van der Waals surface area contributed by atoms with Gasteiger partial charge in [0.25, 0.3) is 0 Å². The summed E-state index contributed by atoms with van der Waals surface area (Å²) in [6.07, 6.45) is 8.25. The summed E-state index contributed by atoms with van der Waals surface area (Å²) in [6, 6.07) is 0. The fraction of sp³-hybridized carbons (Fsp3) is 0.773. The highest BCUT2D eigenvalue weighted by molar-refractivity contribution is 5.66. The van der Waals surface area contributed by atoms with Crippen molar-refractivity contribution >= 4 is 5.97 Å². The van der Waals surface area contributed by atoms with E-state index in [1.807, 2.05) is 13.8 Å². The Balaban J connectivity index is 2.41. The SMILES string of the molecule is CC(=O)O[C@H]1C[C@@H](O)/C(C)=C\CC/C(C)=C/C[C@@]2(C(C)C)CC[C@@]1(C)O2. The van der Waals surface area contributed by atoms with Crippen LogP contribution in [-0.4, -0.2) is 34.5 Å². The molecule has 0 radical (unpaired) electrons. The number of esters is 1. The van der Waals surface area contributed by atoms with E-state index in [-0.39, 0.29) is 11.6 Å². The lowest BCUT2D eigenvalue weighted by Gasteiger charge is -2.40. The number of fused-ring (bicyclic) bond motifs is 2. The molecule has 2 heterocycles. The maximum atomic E-state index is 11.7. The van der Waals surface area contributed by atoms with Crippen LogP contribution >= 0.6 is 0 Å². The van der Waals surface area contributed by atoms with Gasteiger partial charge in [0.1, 0.15) is 11.7 Å². The average molecular weight is 365 g/mol. The van der Waals surface area contributed by atoms with Gasteiger partial charge in [-0.25, -0.2) is 0 Å². The fourth-order valence-corrected chi connectivity index (χ4v) is 4.16. The molecule has 0 aromatic rings. The molecular formula is C22H36O4. The zero-order valence-electron chi connectivity index (χ0n) is 17.3. The van der Waals surface area contributed by atoms with Crippen molar-refractivity contribution in [3.05, 3.63) is 23.3 Å². The first kappa shape index (κ1) is 21.2. The molecule has 0 unspecified atom stereocenters. The van der Waals surface area contributed by atoms with Crippen LogP contribution in [0.4, 0.5) is 0 Å². The minimum absolute atomic E-state index is 0.240. The van der Waals surface area contributed by atoms with Gasteiger partial charge in [-0.2, -0.15) is 0 Å². The molecule has 0 saturated carbocycles. The Hall–Kier alpha value is -1.13. The molecule has 0 spiro atoms. The Morgan fingerprint density at radius 1 is 1.31 bits per heavy atom. The molecule has 2 rings (SSSR count). The van der Waals surface area contributed by atoms with Gasteiger partial charge in [0, 0.05) is 13.3 Å². The summed E-state index contributed by atoms with van der Waals surface area (Å²) in [4.78, 5) is 11.7. The fourth-order valence-electron chi connectivity index (χ4n) is 4.16. The second-order valence-electron chi connectivity index (χ2n) is 8.73. The quantitative estimate of drug-likeness (QED) is 0.569. The van der Waals surface area contributed by atoms with E-state index in [1.165, 1.54) is 12.5 Å². The third kappa shape index (κ3) is 4.77. The van der Waals surface area contributed by atoms with Crippen LogP contribution in [0.3, 0.4) is 0 Å². The summed E-state index contributed by atoms with van der Waals surface area (Å²) in [5.41, 5.74) is 1.48. The van der Waals surface area contributed by atoms with Crippen LogP contribution in [0.25, 0.3) is 0 Å². The number of hydrogen-bond donors (Lipinski definition) is 1. The van der Waals surface area contributed by atoms with E-state index in [9.17, 15) is 9.90 Å². The molecule has 0 aromatic carbocycles. The van der Waals surface area contributed by atoms with E-state index in [0.717, 1.165) is 37.7 Å². The van der Waals surface area contributed by atoms with Crippen molar-refractivity contribution in [2.45, 2.75) is 103 Å². The maximum Gasteiger partial charge on any atom is 0.303 e. The number of aliphatic hydroxyl groups excluding tert-OH is 1. The zero-order valence-corrected chi connectivity index (χ0v) is 17.3. The van der Waals surface area contributed by atoms with Crippen molar-refractivity contribution in [1.29, 1.82) is 0 Å². The second kappa shape index (κ2) is 8.26. The molecule has 1 fully saturated rings. The minimum Gasteiger partial charge on any atom is -0.459 e. The molecule has 148 valence electrons. The third-order valence-electron chi connectivity index (χ3n) is 6.29. The van der Waals surface area contributed by atoms with Gasteiger partial charge in [0.2, 0.25) is 0 Å². The van der Waals surface area contributed by atoms with Crippen molar-refractivity contribution in [3.63, 3.8) is 0 Å². The summed E-state index contributed by atoms with van der Waals surface area (Å²) in [6.45, 7) is 12.0. The van der Waals surface area contributed by atoms with Crippen LogP contribution in [0.5, 0.6) is 0 Å². The van der Waals surface area contributed by atoms with E-state index in [2.05, 4.69) is 32.9 Å². The summed E-state index contributed by atoms with van der Waals surface area (Å²) in [7, 11) is 0. The number of hydrogen-bond acceptors (Lipinski definition) is 4. The number of carbonyl (C=O) groups is 1. The number of allylic oxidation sites excluding steroid dienone is 2. The number of aliphatic hydroxyl groups is 1. The maximum absolute atomic E-state index is 11.7. The molecule has 26 heavy (non-hydrogen) atoms. The Morgan fingerprint density at radius 3 is 2.62 bits per heavy atom. The Labute approximate surface area is 158 Å². The molecule has 1 N–H and O–H groups in total. The number of ether oxygens (including phenoxy) is 2. The van der Waals surface area contributed by atoms with E-state index >= 15 is 0 Å². The lowest BCUT2D eigenvalue weighted by atomic mass is 9.82. The summed E-state index contributed by atoms with van der Waals surface area (Å²) in [5.74, 6) is 0.0389. The number of carbonyl (C=O) groups excluding carboxylic acids is 1. The molecule has 4 heteroatoms. The molecule has 2 aliphatic rings. The standard InChI is InChI=1S/C22H36O4/c1-15(2)22-11-10-16(3)8-7-9-17(4)19(24)14-20(25-18(5)23)21(6,26-22)12-13-22/h9-10,15,19-20,24H,7-8,11-14H2,1-6H3/b16-10+,17-9-/t19-,20+,21-,22+/m1/s1. The molecule has 2 bridgehead atoms. The summed E-state index contributed by atoms with van der Waals surface area (Å²) < 4.78 is 12.4. The topological polar surface area (TPSA) is 55.8 Å². The predicted molar refractivity (Wildman–Crippen MR) is 104 cm³/mol. The highest BCUT2D eigenvalue weighted by Crippen LogP contribution is 2.48. The molecule has 2 aliphatic heterocycles. The van der Waals surface area contributed by atoms with Gasteiger partial charge < -0.3 is 14.6 Å². The van der Waals surface area contributed by atoms with Gasteiger partial charge in [-0.05, 0) is 64.4 Å². The van der Waals surface area contributed by atoms with Crippen LogP contribution in [0.2, 0.25) is 0 Å². The highest BCUT2D eigenvalue weighted by Gasteiger charge is 2.52. The average Bonchev–Trinajstić information content (AvgIpc) is 2.91. The monoisotopic (exact) mass is 364 g/mol. The van der Waals surface area contributed by atoms with Gasteiger partial charge in [0.05, 0.1) is 11.7 Å². The normalized spacial score (nSPS) is 40.5. The Morgan fingerprint density at radius 2 is 2.00 bits per heavy atom. The van der Waals surface area contributed by atoms with Gasteiger partial charge in [-0.1, -0.05) is 31.6 Å². The molecule has 4 nitrogen and oxygen atoms in total. The lowest BCUT2D eigenvalue weighted by molar-refractivity contribution is -0.189. The van der Waals surface area contributed by atoms with Crippen LogP contribution in [0.1, 0.15) is 80.1 Å². The van der Waals surface area contributed by atoms with Gasteiger partial charge in [-0.15, -0.1) is 0 Å². The van der Waals surface area contributed by atoms with E-state index in [4.69, 9.17) is 9.47 Å². The molecule has 4 atom stereocenters. The van der Waals surface area contributed by atoms with Crippen molar-refractivity contribution in [1.82, 2.24) is 0 Å². The first-order valence-corrected chi connectivity index (χ1v) is 9.96. The van der Waals surface area contributed by atoms with Crippen molar-refractivity contribution < 1.29 is 19.4 Å². The predicted octanol–water partition coefficient (Wildman–Crippen LogP) is 4.71. The van der Waals surface area contributed by atoms with Gasteiger partial charge in [0.15, 0.2) is 0 Å². The van der Waals surface area contributed by atoms with E-state index in [0.29, 0.717) is 12.3 Å². The van der Waals surface area contributed by atoms with Gasteiger partial charge in [-0.3, -0.25) is 4.79 Å². The summed E-state index contributed by atoms with van der Waals surface area (Å²) in [5, 5.41) is 10.7. The minimum atomic E-state index is -0.626. The Kier molecular flexibility index (Phi) is 6.73. The first-order chi connectivity index (χ1) is 12.1. The largest absolute Gasteiger partial charge is 0.459 e. The summed E-state index contributed by atoms with van der Waals surface area (Å²) >= 11 is 0. The highest BCUT2D eigenvalue weighted by atomic mass is 16.6. The first-order valence-electron chi connectivity index (χ1n) is 9.96. The third-order valence-corrected chi connectivity index (χ3v) is 6.29. The molecule has 0 aromatic heterocycles. The van der Waals surface area contributed by atoms with Crippen LogP contribution < -0.4 is 0 Å². The molecular weight excluding hydrogens is 328 g/mol. The zero-order chi connectivity index (χ0) is 19.5. The molecule has 1 saturated heterocycles. The van der Waals surface area contributed by atoms with Crippen molar-refractivity contribution in [2.75, 3.05) is 0 Å². The van der Waals surface area contributed by atoms with Crippen molar-refractivity contribution in [3.8, 4) is 0 Å². The van der Waals surface area contributed by atoms with E-state index < -0.39 is 17.8 Å². The number of rotatable bonds is 2. The van der Waals surface area contributed by atoms with Gasteiger partial charge >= 0.3 is 5.97 Å². The van der Waals surface area contributed by atoms with Crippen molar-refractivity contribution in [2.24, 2.45) is 5.92 Å². The molecule has 0 amide bonds. The lowest BCUT2D eigenvalue weighted by Crippen LogP contribution is -2.47. The second-order valence-corrected chi connectivity index (χ2v) is 8.73. The van der Waals surface area contributed by atoms with Crippen LogP contribution in [-0.2, 0) is 14.3 Å². The van der Waals surface area contributed by atoms with Crippen LogP contribution in [0.15, 0.2) is 23.3 Å². The van der Waals surface area contributed by atoms with E-state index in [1.54, 1.807) is 0 Å². The molecule has 0 aliphatic carbocycles. The van der Waals surface area contributed by atoms with Crippen LogP contribution in [0, 0.1) is 5.92 Å². The Bertz CT molecular complexity index is 577. The smallest absolute Gasteiger partial charge is 0.303 e.